The van der Waals surface area contributed by atoms with E-state index < -0.39 is 84.9 Å². The molecule has 0 spiro atoms. The highest BCUT2D eigenvalue weighted by Crippen LogP contribution is 2.45. The minimum Gasteiger partial charge on any atom is -0.463 e. The lowest BCUT2D eigenvalue weighted by Crippen LogP contribution is -2.30. The van der Waals surface area contributed by atoms with Gasteiger partial charge in [-0.1, -0.05) is 257 Å². The number of unbranched alkanes of at least 4 members (excludes halogenated alkanes) is 28. The van der Waals surface area contributed by atoms with Crippen LogP contribution in [-0.2, 0) is 65.4 Å². The first kappa shape index (κ1) is 99.4. The summed E-state index contributed by atoms with van der Waals surface area (Å²) in [6, 6.07) is 0. The van der Waals surface area contributed by atoms with Crippen molar-refractivity contribution < 1.29 is 80.2 Å². The number of carbonyl (C=O) groups is 4. The summed E-state index contributed by atoms with van der Waals surface area (Å²) in [5, 5.41) is 10.7. The number of phosphoric ester groups is 2. The zero-order valence-corrected chi connectivity index (χ0v) is 66.7. The Morgan fingerprint density at radius 3 is 0.942 bits per heavy atom. The van der Waals surface area contributed by atoms with Crippen LogP contribution < -0.4 is 0 Å². The van der Waals surface area contributed by atoms with E-state index in [4.69, 9.17) is 37.0 Å². The third kappa shape index (κ3) is 77.0. The predicted molar refractivity (Wildman–Crippen MR) is 427 cm³/mol. The second kappa shape index (κ2) is 78.0. The van der Waals surface area contributed by atoms with Crippen molar-refractivity contribution in [3.05, 3.63) is 134 Å². The quantitative estimate of drug-likeness (QED) is 0.0128. The minimum absolute atomic E-state index is 0.0747. The Bertz CT molecular complexity index is 2460. The van der Waals surface area contributed by atoms with E-state index in [1.54, 1.807) is 0 Å². The molecule has 0 aromatic carbocycles. The monoisotopic (exact) mass is 1500 g/mol. The molecule has 0 saturated carbocycles. The molecule has 0 bridgehead atoms. The van der Waals surface area contributed by atoms with E-state index in [1.807, 2.05) is 18.2 Å². The molecule has 0 saturated heterocycles. The van der Waals surface area contributed by atoms with Crippen molar-refractivity contribution in [2.45, 2.75) is 334 Å². The Balaban J connectivity index is 5.40. The predicted octanol–water partition coefficient (Wildman–Crippen LogP) is 23.3. The zero-order valence-electron chi connectivity index (χ0n) is 64.9. The maximum absolute atomic E-state index is 13.1. The number of phosphoric acid groups is 2. The molecule has 0 rings (SSSR count). The first-order chi connectivity index (χ1) is 50.8. The lowest BCUT2D eigenvalue weighted by molar-refractivity contribution is -0.161. The maximum atomic E-state index is 13.1. The molecule has 3 N–H and O–H groups in total. The molecule has 0 aromatic heterocycles. The Labute approximate surface area is 631 Å². The van der Waals surface area contributed by atoms with Gasteiger partial charge in [-0.2, -0.15) is 0 Å². The van der Waals surface area contributed by atoms with E-state index in [0.717, 1.165) is 180 Å². The Hall–Kier alpha value is -4.64. The van der Waals surface area contributed by atoms with Crippen LogP contribution in [0, 0.1) is 0 Å². The van der Waals surface area contributed by atoms with Gasteiger partial charge >= 0.3 is 33.6 Å². The Morgan fingerprint density at radius 1 is 0.308 bits per heavy atom. The average Bonchev–Trinajstić information content (AvgIpc) is 0.911. The van der Waals surface area contributed by atoms with Crippen molar-refractivity contribution in [3.8, 4) is 0 Å². The van der Waals surface area contributed by atoms with E-state index in [2.05, 4.69) is 136 Å². The van der Waals surface area contributed by atoms with Gasteiger partial charge in [-0.15, -0.1) is 0 Å². The fourth-order valence-electron chi connectivity index (χ4n) is 10.4. The largest absolute Gasteiger partial charge is 0.472 e. The highest BCUT2D eigenvalue weighted by atomic mass is 31.2. The fraction of sp³-hybridized carbons (Fsp3) is 0.694. The van der Waals surface area contributed by atoms with Crippen LogP contribution in [0.5, 0.6) is 0 Å². The maximum Gasteiger partial charge on any atom is 0.472 e. The molecule has 0 aliphatic carbocycles. The van der Waals surface area contributed by atoms with Crippen molar-refractivity contribution in [2.75, 3.05) is 46.2 Å². The van der Waals surface area contributed by atoms with E-state index in [1.165, 1.54) is 57.8 Å². The standard InChI is InChI=1S/C85H144O17P2/c1-4-7-10-13-16-19-22-25-28-30-35-39-44-49-54-59-64-69-83(88)96-76-81(95-73-68-63-58-53-48-43-38-33-32-37-42-47-52-57-62-67-72-86)78-100-103(91,92)98-74-80(87)75-99-104(93,94)101-79-82(102-85(90)71-66-61-56-51-46-41-34-27-24-21-18-15-12-9-6-3)77-97-84(89)70-65-60-55-50-45-40-36-31-29-26-23-20-17-14-11-8-5-2/h16-21,25-29,32,34-37,39-40,49-50,54-55,72,80-82,87H,4-15,22-24,30-31,33,38,41-48,51-53,56-71,73-79H2,1-3H3,(H,91,92)(H,93,94)/b19-16-,20-17-,21-18-,28-25-,29-26-,34-27-,37-32-,39-35-,40-36-,54-49-,55-50-/t80-,81+,82+/m0/s1. The summed E-state index contributed by atoms with van der Waals surface area (Å²) in [5.74, 6) is -1.60. The summed E-state index contributed by atoms with van der Waals surface area (Å²) in [6.45, 7) is 3.30. The van der Waals surface area contributed by atoms with Crippen molar-refractivity contribution in [3.63, 3.8) is 0 Å². The number of aliphatic hydroxyl groups excluding tert-OH is 1. The number of hydrogen-bond donors (Lipinski definition) is 3. The van der Waals surface area contributed by atoms with E-state index in [0.29, 0.717) is 44.9 Å². The third-order valence-corrected chi connectivity index (χ3v) is 18.5. The Kier molecular flexibility index (Phi) is 74.5. The van der Waals surface area contributed by atoms with Gasteiger partial charge < -0.3 is 38.6 Å². The summed E-state index contributed by atoms with van der Waals surface area (Å²) in [5.41, 5.74) is 0. The highest BCUT2D eigenvalue weighted by molar-refractivity contribution is 7.47. The number of esters is 3. The smallest absolute Gasteiger partial charge is 0.463 e. The summed E-state index contributed by atoms with van der Waals surface area (Å²) in [4.78, 5) is 70.4. The lowest BCUT2D eigenvalue weighted by Gasteiger charge is -2.21. The van der Waals surface area contributed by atoms with Gasteiger partial charge in [0.05, 0.1) is 26.4 Å². The fourth-order valence-corrected chi connectivity index (χ4v) is 11.9. The van der Waals surface area contributed by atoms with Crippen LogP contribution in [0.2, 0.25) is 0 Å². The van der Waals surface area contributed by atoms with Gasteiger partial charge in [0.15, 0.2) is 6.10 Å². The average molecular weight is 1500 g/mol. The molecule has 0 aromatic rings. The van der Waals surface area contributed by atoms with Crippen LogP contribution in [0.15, 0.2) is 134 Å². The van der Waals surface area contributed by atoms with E-state index >= 15 is 0 Å². The SMILES string of the molecule is CCCCC/C=C\C/C=C\C/C=C\C/C=C\CCCC(=O)OC[C@H](COP(=O)(O)OC[C@H](O)COP(=O)(O)OC[C@@H](COC(=O)CCC/C=C\C/C=C\C/C=C\C/C=C\CCCCC)OC(=O)CCCCCCC/C=C\C/C=C\CCCCC)OCCCCCCCCC/C=C\CCCCCCC=O. The molecule has 17 nitrogen and oxygen atoms in total. The van der Waals surface area contributed by atoms with Crippen LogP contribution in [0.3, 0.4) is 0 Å². The van der Waals surface area contributed by atoms with Crippen molar-refractivity contribution in [1.82, 2.24) is 0 Å². The first-order valence-electron chi connectivity index (χ1n) is 40.4. The molecule has 0 heterocycles. The molecule has 19 heteroatoms. The number of ether oxygens (including phenoxy) is 4. The summed E-state index contributed by atoms with van der Waals surface area (Å²) in [6.07, 6.45) is 87.9. The number of allylic oxidation sites excluding steroid dienone is 22. The topological polar surface area (TPSA) is 237 Å². The van der Waals surface area contributed by atoms with Gasteiger partial charge in [0, 0.05) is 32.3 Å². The number of hydrogen-bond acceptors (Lipinski definition) is 15. The molecular formula is C85H144O17P2. The molecule has 596 valence electrons. The summed E-state index contributed by atoms with van der Waals surface area (Å²) < 4.78 is 69.2. The van der Waals surface area contributed by atoms with Gasteiger partial charge in [0.1, 0.15) is 31.7 Å². The molecule has 104 heavy (non-hydrogen) atoms. The van der Waals surface area contributed by atoms with Crippen molar-refractivity contribution >= 4 is 39.8 Å². The first-order valence-corrected chi connectivity index (χ1v) is 43.4. The summed E-state index contributed by atoms with van der Waals surface area (Å²) >= 11 is 0. The van der Waals surface area contributed by atoms with Crippen molar-refractivity contribution in [1.29, 1.82) is 0 Å². The van der Waals surface area contributed by atoms with Gasteiger partial charge in [-0.3, -0.25) is 32.5 Å². The van der Waals surface area contributed by atoms with Crippen molar-refractivity contribution in [2.24, 2.45) is 0 Å². The van der Waals surface area contributed by atoms with Crippen LogP contribution in [0.1, 0.15) is 316 Å². The number of aldehydes is 1. The molecule has 5 atom stereocenters. The van der Waals surface area contributed by atoms with E-state index in [-0.39, 0.29) is 32.5 Å². The molecular weight excluding hydrogens is 1350 g/mol. The van der Waals surface area contributed by atoms with Gasteiger partial charge in [-0.25, -0.2) is 9.13 Å². The molecule has 0 radical (unpaired) electrons. The number of rotatable bonds is 77. The van der Waals surface area contributed by atoms with Crippen LogP contribution >= 0.6 is 15.6 Å². The normalized spacial score (nSPS) is 14.6. The minimum atomic E-state index is -4.97. The van der Waals surface area contributed by atoms with Crippen LogP contribution in [0.25, 0.3) is 0 Å². The van der Waals surface area contributed by atoms with Crippen LogP contribution in [0.4, 0.5) is 0 Å². The molecule has 0 amide bonds. The van der Waals surface area contributed by atoms with E-state index in [9.17, 15) is 43.2 Å². The Morgan fingerprint density at radius 2 is 0.577 bits per heavy atom. The zero-order chi connectivity index (χ0) is 75.9. The molecule has 2 unspecified atom stereocenters. The summed E-state index contributed by atoms with van der Waals surface area (Å²) in [7, 11) is -9.85. The highest BCUT2D eigenvalue weighted by Gasteiger charge is 2.30. The van der Waals surface area contributed by atoms with Gasteiger partial charge in [0.2, 0.25) is 0 Å². The van der Waals surface area contributed by atoms with Gasteiger partial charge in [-0.05, 0) is 167 Å². The second-order valence-electron chi connectivity index (χ2n) is 26.6. The number of carbonyl (C=O) groups excluding carboxylic acids is 4. The lowest BCUT2D eigenvalue weighted by atomic mass is 10.1. The third-order valence-electron chi connectivity index (χ3n) is 16.6. The molecule has 0 aliphatic heterocycles. The van der Waals surface area contributed by atoms with Gasteiger partial charge in [0.25, 0.3) is 0 Å². The molecule has 0 aliphatic rings. The molecule has 0 fully saturated rings. The second-order valence-corrected chi connectivity index (χ2v) is 29.5. The van der Waals surface area contributed by atoms with Crippen LogP contribution in [-0.4, -0.2) is 104 Å². The number of aliphatic hydroxyl groups is 1.